The normalized spacial score (nSPS) is 15.5. The highest BCUT2D eigenvalue weighted by atomic mass is 16.5. The van der Waals surface area contributed by atoms with Crippen LogP contribution in [0.4, 0.5) is 0 Å². The van der Waals surface area contributed by atoms with Crippen molar-refractivity contribution in [2.24, 2.45) is 0 Å². The molecule has 0 bridgehead atoms. The standard InChI is InChI=1S/C32H52N2O8/c35-27-21-22-28(36)33(27)26(34-29(37)23-24-30(34)38)18-14-10-6-2-1-5-9-13-17-25-42-32(41)20-16-12-8-4-3-7-11-15-19-31(39)40/h26H,1-25H2,(H,39,40). The van der Waals surface area contributed by atoms with Gasteiger partial charge in [0.05, 0.1) is 6.61 Å². The summed E-state index contributed by atoms with van der Waals surface area (Å²) in [6, 6.07) is 0. The first kappa shape index (κ1) is 35.4. The monoisotopic (exact) mass is 592 g/mol. The number of nitrogens with zero attached hydrogens (tertiary/aromatic N) is 2. The molecule has 0 saturated carbocycles. The molecule has 2 rings (SSSR count). The van der Waals surface area contributed by atoms with E-state index in [4.69, 9.17) is 9.84 Å². The average Bonchev–Trinajstić information content (AvgIpc) is 3.47. The van der Waals surface area contributed by atoms with E-state index in [1.54, 1.807) is 0 Å². The summed E-state index contributed by atoms with van der Waals surface area (Å²) in [7, 11) is 0. The number of rotatable bonds is 25. The summed E-state index contributed by atoms with van der Waals surface area (Å²) in [5.74, 6) is -2.00. The molecule has 0 aromatic carbocycles. The Labute approximate surface area is 250 Å². The van der Waals surface area contributed by atoms with Gasteiger partial charge in [0.15, 0.2) is 0 Å². The van der Waals surface area contributed by atoms with Crippen molar-refractivity contribution in [1.29, 1.82) is 0 Å². The number of amides is 4. The van der Waals surface area contributed by atoms with Crippen molar-refractivity contribution < 1.29 is 38.6 Å². The van der Waals surface area contributed by atoms with Crippen LogP contribution < -0.4 is 0 Å². The van der Waals surface area contributed by atoms with Gasteiger partial charge in [0.2, 0.25) is 23.6 Å². The maximum absolute atomic E-state index is 12.3. The maximum Gasteiger partial charge on any atom is 0.305 e. The van der Waals surface area contributed by atoms with E-state index in [2.05, 4.69) is 0 Å². The molecular weight excluding hydrogens is 540 g/mol. The second kappa shape index (κ2) is 21.0. The van der Waals surface area contributed by atoms with Crippen molar-refractivity contribution in [2.75, 3.05) is 6.61 Å². The minimum Gasteiger partial charge on any atom is -0.481 e. The van der Waals surface area contributed by atoms with Crippen LogP contribution in [0.15, 0.2) is 0 Å². The molecule has 10 heteroatoms. The number of carbonyl (C=O) groups is 6. The van der Waals surface area contributed by atoms with Crippen LogP contribution in [0.3, 0.4) is 0 Å². The predicted octanol–water partition coefficient (Wildman–Crippen LogP) is 6.04. The number of ether oxygens (including phenoxy) is 1. The van der Waals surface area contributed by atoms with Gasteiger partial charge in [-0.15, -0.1) is 0 Å². The van der Waals surface area contributed by atoms with Crippen molar-refractivity contribution in [3.8, 4) is 0 Å². The number of imide groups is 2. The molecule has 0 atom stereocenters. The molecule has 42 heavy (non-hydrogen) atoms. The van der Waals surface area contributed by atoms with E-state index in [9.17, 15) is 28.8 Å². The van der Waals surface area contributed by atoms with Gasteiger partial charge in [-0.3, -0.25) is 38.6 Å². The fraction of sp³-hybridized carbons (Fsp3) is 0.812. The summed E-state index contributed by atoms with van der Waals surface area (Å²) >= 11 is 0. The SMILES string of the molecule is O=C(O)CCCCCCCCCCC(=O)OCCCCCCCCCCCC(N1C(=O)CCC1=O)N1C(=O)CCC1=O. The Morgan fingerprint density at radius 2 is 0.905 bits per heavy atom. The molecule has 0 radical (unpaired) electrons. The topological polar surface area (TPSA) is 138 Å². The molecule has 0 aromatic heterocycles. The molecule has 4 amide bonds. The average molecular weight is 593 g/mol. The van der Waals surface area contributed by atoms with Gasteiger partial charge in [-0.25, -0.2) is 0 Å². The number of hydrogen-bond acceptors (Lipinski definition) is 7. The van der Waals surface area contributed by atoms with Crippen molar-refractivity contribution in [3.63, 3.8) is 0 Å². The van der Waals surface area contributed by atoms with Crippen LogP contribution in [0.5, 0.6) is 0 Å². The zero-order valence-electron chi connectivity index (χ0n) is 25.5. The van der Waals surface area contributed by atoms with E-state index in [-0.39, 0.29) is 61.7 Å². The Balaban J connectivity index is 1.40. The lowest BCUT2D eigenvalue weighted by molar-refractivity contribution is -0.154. The fourth-order valence-corrected chi connectivity index (χ4v) is 5.76. The molecule has 2 saturated heterocycles. The van der Waals surface area contributed by atoms with Gasteiger partial charge in [0.1, 0.15) is 6.17 Å². The molecule has 238 valence electrons. The number of likely N-dealkylation sites (tertiary alicyclic amines) is 2. The van der Waals surface area contributed by atoms with Crippen molar-refractivity contribution in [1.82, 2.24) is 9.80 Å². The minimum absolute atomic E-state index is 0.108. The number of hydrogen-bond donors (Lipinski definition) is 1. The van der Waals surface area contributed by atoms with Gasteiger partial charge in [-0.2, -0.15) is 0 Å². The van der Waals surface area contributed by atoms with Crippen molar-refractivity contribution in [3.05, 3.63) is 0 Å². The first-order chi connectivity index (χ1) is 20.3. The third-order valence-corrected chi connectivity index (χ3v) is 8.17. The van der Waals surface area contributed by atoms with Crippen LogP contribution in [0.1, 0.15) is 154 Å². The molecule has 0 aromatic rings. The zero-order chi connectivity index (χ0) is 30.6. The molecule has 2 heterocycles. The lowest BCUT2D eigenvalue weighted by atomic mass is 10.1. The second-order valence-corrected chi connectivity index (χ2v) is 11.7. The summed E-state index contributed by atoms with van der Waals surface area (Å²) in [5.41, 5.74) is 0. The van der Waals surface area contributed by atoms with Crippen LogP contribution >= 0.6 is 0 Å². The Hall–Kier alpha value is -2.78. The maximum atomic E-state index is 12.3. The van der Waals surface area contributed by atoms with Gasteiger partial charge in [-0.1, -0.05) is 83.5 Å². The van der Waals surface area contributed by atoms with Crippen molar-refractivity contribution >= 4 is 35.6 Å². The molecule has 0 spiro atoms. The summed E-state index contributed by atoms with van der Waals surface area (Å²) in [6.45, 7) is 0.486. The molecule has 2 aliphatic rings. The quantitative estimate of drug-likeness (QED) is 0.0769. The van der Waals surface area contributed by atoms with E-state index in [1.165, 1.54) is 0 Å². The number of unbranched alkanes of at least 4 members (excludes halogenated alkanes) is 15. The van der Waals surface area contributed by atoms with Crippen molar-refractivity contribution in [2.45, 2.75) is 160 Å². The van der Waals surface area contributed by atoms with Gasteiger partial charge in [0.25, 0.3) is 0 Å². The summed E-state index contributed by atoms with van der Waals surface area (Å²) in [4.78, 5) is 73.7. The van der Waals surface area contributed by atoms with E-state index in [1.807, 2.05) is 0 Å². The minimum atomic E-state index is -0.761. The van der Waals surface area contributed by atoms with Crippen LogP contribution in [0.25, 0.3) is 0 Å². The Kier molecular flexibility index (Phi) is 17.7. The molecule has 0 aliphatic carbocycles. The molecule has 0 unspecified atom stereocenters. The van der Waals surface area contributed by atoms with Gasteiger partial charge >= 0.3 is 11.9 Å². The first-order valence-corrected chi connectivity index (χ1v) is 16.4. The van der Waals surface area contributed by atoms with Crippen LogP contribution in [0.2, 0.25) is 0 Å². The van der Waals surface area contributed by atoms with Gasteiger partial charge in [0, 0.05) is 38.5 Å². The smallest absolute Gasteiger partial charge is 0.305 e. The summed E-state index contributed by atoms with van der Waals surface area (Å²) < 4.78 is 5.35. The molecule has 2 aliphatic heterocycles. The third-order valence-electron chi connectivity index (χ3n) is 8.17. The zero-order valence-corrected chi connectivity index (χ0v) is 25.5. The number of carbonyl (C=O) groups excluding carboxylic acids is 5. The summed E-state index contributed by atoms with van der Waals surface area (Å²) in [5, 5.41) is 8.61. The molecular formula is C32H52N2O8. The van der Waals surface area contributed by atoms with E-state index >= 15 is 0 Å². The number of aliphatic carboxylic acids is 1. The second-order valence-electron chi connectivity index (χ2n) is 11.7. The van der Waals surface area contributed by atoms with Gasteiger partial charge in [-0.05, 0) is 32.1 Å². The van der Waals surface area contributed by atoms with Crippen LogP contribution in [-0.2, 0) is 33.5 Å². The van der Waals surface area contributed by atoms with E-state index in [0.29, 0.717) is 19.4 Å². The highest BCUT2D eigenvalue weighted by Crippen LogP contribution is 2.27. The van der Waals surface area contributed by atoms with E-state index in [0.717, 1.165) is 119 Å². The lowest BCUT2D eigenvalue weighted by Gasteiger charge is -2.32. The van der Waals surface area contributed by atoms with Crippen LogP contribution in [-0.4, -0.2) is 63.2 Å². The Bertz CT molecular complexity index is 822. The summed E-state index contributed by atoms with van der Waals surface area (Å²) in [6.07, 6.45) is 18.2. The molecule has 2 fully saturated rings. The predicted molar refractivity (Wildman–Crippen MR) is 157 cm³/mol. The lowest BCUT2D eigenvalue weighted by Crippen LogP contribution is -2.52. The Morgan fingerprint density at radius 1 is 0.548 bits per heavy atom. The first-order valence-electron chi connectivity index (χ1n) is 16.4. The molecule has 1 N–H and O–H groups in total. The largest absolute Gasteiger partial charge is 0.481 e. The van der Waals surface area contributed by atoms with Gasteiger partial charge < -0.3 is 9.84 Å². The highest BCUT2D eigenvalue weighted by molar-refractivity contribution is 6.06. The van der Waals surface area contributed by atoms with Crippen LogP contribution in [0, 0.1) is 0 Å². The Morgan fingerprint density at radius 3 is 1.33 bits per heavy atom. The number of carboxylic acid groups (broad SMARTS) is 1. The number of carboxylic acids is 1. The fourth-order valence-electron chi connectivity index (χ4n) is 5.76. The number of esters is 1. The molecule has 10 nitrogen and oxygen atoms in total. The highest BCUT2D eigenvalue weighted by Gasteiger charge is 2.43. The third kappa shape index (κ3) is 13.9. The van der Waals surface area contributed by atoms with E-state index < -0.39 is 12.1 Å².